The van der Waals surface area contributed by atoms with Gasteiger partial charge in [-0.2, -0.15) is 10.4 Å². The molecule has 3 aromatic rings. The van der Waals surface area contributed by atoms with Crippen molar-refractivity contribution in [3.8, 4) is 17.2 Å². The van der Waals surface area contributed by atoms with Crippen LogP contribution in [0.1, 0.15) is 29.7 Å². The quantitative estimate of drug-likeness (QED) is 0.394. The summed E-state index contributed by atoms with van der Waals surface area (Å²) in [6.45, 7) is 7.72. The summed E-state index contributed by atoms with van der Waals surface area (Å²) < 4.78 is 2.24. The van der Waals surface area contributed by atoms with Gasteiger partial charge in [-0.05, 0) is 80.4 Å². The fraction of sp³-hybridized carbons (Fsp3) is 0.345. The van der Waals surface area contributed by atoms with E-state index in [0.29, 0.717) is 5.56 Å². The van der Waals surface area contributed by atoms with Crippen LogP contribution in [-0.2, 0) is 6.54 Å². The summed E-state index contributed by atoms with van der Waals surface area (Å²) in [5.41, 5.74) is 7.47. The molecule has 36 heavy (non-hydrogen) atoms. The van der Waals surface area contributed by atoms with Crippen molar-refractivity contribution in [3.63, 3.8) is 0 Å². The molecule has 1 saturated heterocycles. The predicted molar refractivity (Wildman–Crippen MR) is 148 cm³/mol. The smallest absolute Gasteiger partial charge is 0.179 e. The third kappa shape index (κ3) is 4.65. The molecule has 2 aromatic carbocycles. The highest BCUT2D eigenvalue weighted by atomic mass is 15.3. The lowest BCUT2D eigenvalue weighted by Gasteiger charge is -2.35. The normalized spacial score (nSPS) is 17.0. The molecule has 0 saturated carbocycles. The summed E-state index contributed by atoms with van der Waals surface area (Å²) in [6.07, 6.45) is 4.62. The van der Waals surface area contributed by atoms with Crippen LogP contribution in [-0.4, -0.2) is 62.8 Å². The minimum atomic E-state index is 0.657. The first kappa shape index (κ1) is 23.8. The molecule has 0 aliphatic carbocycles. The lowest BCUT2D eigenvalue weighted by Crippen LogP contribution is -2.37. The van der Waals surface area contributed by atoms with Crippen LogP contribution in [0.4, 0.5) is 11.4 Å². The van der Waals surface area contributed by atoms with Crippen LogP contribution in [0, 0.1) is 17.2 Å². The molecule has 0 spiro atoms. The van der Waals surface area contributed by atoms with E-state index in [1.165, 1.54) is 30.6 Å². The Labute approximate surface area is 213 Å². The zero-order valence-electron chi connectivity index (χ0n) is 21.4. The van der Waals surface area contributed by atoms with Gasteiger partial charge in [0.25, 0.3) is 0 Å². The summed E-state index contributed by atoms with van der Waals surface area (Å²) in [5.74, 6) is 1.54. The number of fused-ring (bicyclic) bond motifs is 2. The Morgan fingerprint density at radius 1 is 1.06 bits per heavy atom. The van der Waals surface area contributed by atoms with Gasteiger partial charge in [-0.3, -0.25) is 0 Å². The predicted octanol–water partition coefficient (Wildman–Crippen LogP) is 4.67. The van der Waals surface area contributed by atoms with E-state index in [9.17, 15) is 0 Å². The van der Waals surface area contributed by atoms with E-state index in [-0.39, 0.29) is 0 Å². The molecule has 0 bridgehead atoms. The van der Waals surface area contributed by atoms with Crippen molar-refractivity contribution in [1.29, 1.82) is 5.26 Å². The summed E-state index contributed by atoms with van der Waals surface area (Å²) in [4.78, 5) is 6.94. The van der Waals surface area contributed by atoms with Crippen LogP contribution in [0.25, 0.3) is 11.1 Å². The highest BCUT2D eigenvalue weighted by molar-refractivity contribution is 6.10. The lowest BCUT2D eigenvalue weighted by molar-refractivity contribution is 0.285. The molecule has 7 nitrogen and oxygen atoms in total. The standard InChI is InChI=1S/C29H33N7/c1-31-32-29-28-16-24(23-7-5-21(17-30)6-8-23)19-36(28)20-25-15-26(9-10-27(25)34(29)4)35-13-11-22(12-14-35)18-33(2)3/h5-10,15-16,19,22H,1,11-14,18,20H2,2-4H3/b32-29-. The van der Waals surface area contributed by atoms with Crippen LogP contribution in [0.15, 0.2) is 64.9 Å². The lowest BCUT2D eigenvalue weighted by atomic mass is 9.95. The van der Waals surface area contributed by atoms with E-state index in [2.05, 4.69) is 86.8 Å². The number of rotatable bonds is 5. The molecule has 1 aromatic heterocycles. The van der Waals surface area contributed by atoms with E-state index >= 15 is 0 Å². The van der Waals surface area contributed by atoms with Gasteiger partial charge in [-0.15, -0.1) is 5.10 Å². The number of aromatic nitrogens is 1. The summed E-state index contributed by atoms with van der Waals surface area (Å²) in [7, 11) is 6.37. The van der Waals surface area contributed by atoms with Crippen molar-refractivity contribution in [3.05, 3.63) is 71.5 Å². The zero-order valence-corrected chi connectivity index (χ0v) is 21.4. The number of hydrogen-bond acceptors (Lipinski definition) is 5. The average molecular weight is 480 g/mol. The van der Waals surface area contributed by atoms with Crippen LogP contribution in [0.3, 0.4) is 0 Å². The van der Waals surface area contributed by atoms with E-state index in [4.69, 9.17) is 5.26 Å². The highest BCUT2D eigenvalue weighted by Crippen LogP contribution is 2.34. The van der Waals surface area contributed by atoms with Gasteiger partial charge in [-0.25, -0.2) is 0 Å². The molecule has 0 unspecified atom stereocenters. The van der Waals surface area contributed by atoms with Gasteiger partial charge in [0.05, 0.1) is 17.3 Å². The highest BCUT2D eigenvalue weighted by Gasteiger charge is 2.26. The zero-order chi connectivity index (χ0) is 25.2. The topological polar surface area (TPSA) is 63.2 Å². The molecular formula is C29H33N7. The number of nitrogens with zero attached hydrogens (tertiary/aromatic N) is 7. The molecule has 2 aliphatic rings. The molecule has 7 heteroatoms. The summed E-state index contributed by atoms with van der Waals surface area (Å²) in [6, 6.07) is 18.8. The second-order valence-corrected chi connectivity index (χ2v) is 10.1. The summed E-state index contributed by atoms with van der Waals surface area (Å²) >= 11 is 0. The van der Waals surface area contributed by atoms with Crippen LogP contribution < -0.4 is 9.80 Å². The van der Waals surface area contributed by atoms with Gasteiger partial charge in [0, 0.05) is 63.1 Å². The third-order valence-electron chi connectivity index (χ3n) is 7.32. The molecule has 3 heterocycles. The summed E-state index contributed by atoms with van der Waals surface area (Å²) in [5, 5.41) is 17.4. The van der Waals surface area contributed by atoms with Crippen molar-refractivity contribution in [2.24, 2.45) is 16.1 Å². The van der Waals surface area contributed by atoms with Crippen LogP contribution in [0.2, 0.25) is 0 Å². The fourth-order valence-corrected chi connectivity index (χ4v) is 5.49. The minimum absolute atomic E-state index is 0.657. The number of benzene rings is 2. The number of amidine groups is 1. The molecule has 0 amide bonds. The van der Waals surface area contributed by atoms with Crippen LogP contribution in [0.5, 0.6) is 0 Å². The maximum absolute atomic E-state index is 9.15. The largest absolute Gasteiger partial charge is 0.372 e. The molecule has 0 atom stereocenters. The Hall–Kier alpha value is -3.89. The van der Waals surface area contributed by atoms with Gasteiger partial charge in [0.15, 0.2) is 5.84 Å². The first-order valence-corrected chi connectivity index (χ1v) is 12.5. The molecular weight excluding hydrogens is 446 g/mol. The monoisotopic (exact) mass is 479 g/mol. The maximum atomic E-state index is 9.15. The van der Waals surface area contributed by atoms with Gasteiger partial charge in [-0.1, -0.05) is 12.1 Å². The Balaban J connectivity index is 1.47. The Kier molecular flexibility index (Phi) is 6.62. The molecule has 1 fully saturated rings. The first-order chi connectivity index (χ1) is 17.5. The van der Waals surface area contributed by atoms with Crippen molar-refractivity contribution < 1.29 is 0 Å². The molecule has 184 valence electrons. The van der Waals surface area contributed by atoms with Gasteiger partial charge >= 0.3 is 0 Å². The molecule has 0 radical (unpaired) electrons. The molecule has 2 aliphatic heterocycles. The minimum Gasteiger partial charge on any atom is -0.372 e. The Morgan fingerprint density at radius 2 is 1.81 bits per heavy atom. The van der Waals surface area contributed by atoms with Crippen LogP contribution >= 0.6 is 0 Å². The van der Waals surface area contributed by atoms with Gasteiger partial charge in [0.2, 0.25) is 0 Å². The second-order valence-electron chi connectivity index (χ2n) is 10.1. The van der Waals surface area contributed by atoms with E-state index < -0.39 is 0 Å². The number of anilines is 2. The fourth-order valence-electron chi connectivity index (χ4n) is 5.49. The third-order valence-corrected chi connectivity index (χ3v) is 7.32. The first-order valence-electron chi connectivity index (χ1n) is 12.5. The maximum Gasteiger partial charge on any atom is 0.179 e. The number of hydrogen-bond donors (Lipinski definition) is 0. The van der Waals surface area contributed by atoms with Gasteiger partial charge < -0.3 is 19.3 Å². The number of nitriles is 1. The Morgan fingerprint density at radius 3 is 2.47 bits per heavy atom. The van der Waals surface area contributed by atoms with Crippen molar-refractivity contribution >= 4 is 23.9 Å². The van der Waals surface area contributed by atoms with E-state index in [0.717, 1.165) is 53.9 Å². The van der Waals surface area contributed by atoms with E-state index in [1.807, 2.05) is 31.3 Å². The van der Waals surface area contributed by atoms with Gasteiger partial charge in [0.1, 0.15) is 0 Å². The van der Waals surface area contributed by atoms with Crippen molar-refractivity contribution in [2.75, 3.05) is 50.6 Å². The molecule has 0 N–H and O–H groups in total. The number of piperidine rings is 1. The van der Waals surface area contributed by atoms with Crippen molar-refractivity contribution in [1.82, 2.24) is 9.47 Å². The van der Waals surface area contributed by atoms with Crippen molar-refractivity contribution in [2.45, 2.75) is 19.4 Å². The second kappa shape index (κ2) is 10.00. The Bertz CT molecular complexity index is 1320. The van der Waals surface area contributed by atoms with E-state index in [1.54, 1.807) is 0 Å². The molecule has 5 rings (SSSR count). The average Bonchev–Trinajstić information content (AvgIpc) is 3.26. The SMILES string of the molecule is C=N/N=C1/c2cc(-c3ccc(C#N)cc3)cn2Cc2cc(N3CCC(CN(C)C)CC3)ccc2N1C.